The molecule has 1 aliphatic heterocycles. The number of aromatic hydroxyl groups is 1. The van der Waals surface area contributed by atoms with Gasteiger partial charge in [-0.05, 0) is 79.5 Å². The fourth-order valence-corrected chi connectivity index (χ4v) is 6.45. The number of nitrogens with zero attached hydrogens (tertiary/aromatic N) is 2. The maximum absolute atomic E-state index is 13.8. The molecule has 0 unspecified atom stereocenters. The highest BCUT2D eigenvalue weighted by Gasteiger charge is 2.34. The van der Waals surface area contributed by atoms with Gasteiger partial charge >= 0.3 is 5.97 Å². The summed E-state index contributed by atoms with van der Waals surface area (Å²) in [6, 6.07) is 7.94. The van der Waals surface area contributed by atoms with E-state index in [1.165, 1.54) is 23.0 Å². The number of phenolic OH excluding ortho intramolecular Hbond substituents is 1. The van der Waals surface area contributed by atoms with Crippen LogP contribution >= 0.6 is 43.2 Å². The first-order valence-corrected chi connectivity index (χ1v) is 14.2. The molecule has 0 bridgehead atoms. The SMILES string of the molecule is CCOC(=O)C1=C(C)N=c2s/c(=C\c3cc(Br)cc(Br)c3O)c(=O)n2[C@H]1c1ccc(OC(C)C)c(OC)c1. The number of hydrogen-bond acceptors (Lipinski definition) is 8. The number of halogens is 2. The van der Waals surface area contributed by atoms with Crippen LogP contribution in [0, 0.1) is 0 Å². The fourth-order valence-electron chi connectivity index (χ4n) is 4.15. The van der Waals surface area contributed by atoms with Crippen LogP contribution < -0.4 is 24.4 Å². The maximum atomic E-state index is 13.8. The number of esters is 1. The number of aromatic nitrogens is 1. The van der Waals surface area contributed by atoms with Gasteiger partial charge in [-0.1, -0.05) is 33.3 Å². The number of ether oxygens (including phenoxy) is 3. The monoisotopic (exact) mass is 664 g/mol. The lowest BCUT2D eigenvalue weighted by atomic mass is 9.95. The molecule has 0 fully saturated rings. The number of fused-ring (bicyclic) bond motifs is 1. The highest BCUT2D eigenvalue weighted by Crippen LogP contribution is 2.37. The minimum absolute atomic E-state index is 0.00413. The summed E-state index contributed by atoms with van der Waals surface area (Å²) in [6.45, 7) is 7.45. The van der Waals surface area contributed by atoms with Crippen molar-refractivity contribution >= 4 is 55.2 Å². The minimum atomic E-state index is -0.808. The molecule has 0 saturated heterocycles. The van der Waals surface area contributed by atoms with Crippen molar-refractivity contribution in [1.82, 2.24) is 4.57 Å². The standard InChI is InChI=1S/C27H26Br2N2O6S/c1-6-36-26(34)22-14(4)30-27-31(23(22)15-7-8-19(37-13(2)3)20(10-15)35-5)25(33)21(38-27)11-16-9-17(28)12-18(29)24(16)32/h7-13,23,32H,6H2,1-5H3/b21-11-/t23-/m0/s1. The summed E-state index contributed by atoms with van der Waals surface area (Å²) in [5.41, 5.74) is 1.45. The van der Waals surface area contributed by atoms with Crippen LogP contribution in [0.5, 0.6) is 17.2 Å². The van der Waals surface area contributed by atoms with Crippen LogP contribution in [-0.2, 0) is 9.53 Å². The number of carbonyl (C=O) groups is 1. The molecule has 0 spiro atoms. The topological polar surface area (TPSA) is 99.4 Å². The molecule has 38 heavy (non-hydrogen) atoms. The van der Waals surface area contributed by atoms with Gasteiger partial charge in [-0.15, -0.1) is 0 Å². The quantitative estimate of drug-likeness (QED) is 0.363. The average molecular weight is 666 g/mol. The molecule has 2 heterocycles. The van der Waals surface area contributed by atoms with E-state index < -0.39 is 12.0 Å². The van der Waals surface area contributed by atoms with Crippen LogP contribution in [0.15, 0.2) is 60.3 Å². The van der Waals surface area contributed by atoms with Crippen molar-refractivity contribution in [2.45, 2.75) is 39.8 Å². The Hall–Kier alpha value is -2.89. The highest BCUT2D eigenvalue weighted by molar-refractivity contribution is 9.11. The van der Waals surface area contributed by atoms with Crippen LogP contribution in [0.3, 0.4) is 0 Å². The van der Waals surface area contributed by atoms with Gasteiger partial charge in [0, 0.05) is 10.0 Å². The second kappa shape index (κ2) is 11.5. The van der Waals surface area contributed by atoms with E-state index in [4.69, 9.17) is 14.2 Å². The number of rotatable bonds is 7. The van der Waals surface area contributed by atoms with Crippen molar-refractivity contribution in [1.29, 1.82) is 0 Å². The number of benzene rings is 2. The second-order valence-corrected chi connectivity index (χ2v) is 11.5. The molecule has 0 radical (unpaired) electrons. The fraction of sp³-hybridized carbons (Fsp3) is 0.296. The molecule has 8 nitrogen and oxygen atoms in total. The van der Waals surface area contributed by atoms with Crippen molar-refractivity contribution < 1.29 is 24.1 Å². The van der Waals surface area contributed by atoms with E-state index in [1.54, 1.807) is 50.3 Å². The van der Waals surface area contributed by atoms with E-state index in [0.29, 0.717) is 42.1 Å². The summed E-state index contributed by atoms with van der Waals surface area (Å²) < 4.78 is 19.8. The summed E-state index contributed by atoms with van der Waals surface area (Å²) in [7, 11) is 1.54. The van der Waals surface area contributed by atoms with Crippen LogP contribution in [0.2, 0.25) is 0 Å². The molecule has 1 aromatic heterocycles. The molecule has 1 aliphatic rings. The Morgan fingerprint density at radius 2 is 1.97 bits per heavy atom. The van der Waals surface area contributed by atoms with Crippen molar-refractivity contribution in [2.24, 2.45) is 4.99 Å². The van der Waals surface area contributed by atoms with Crippen molar-refractivity contribution in [3.8, 4) is 17.2 Å². The lowest BCUT2D eigenvalue weighted by Crippen LogP contribution is -2.40. The summed E-state index contributed by atoms with van der Waals surface area (Å²) in [5.74, 6) is 0.473. The summed E-state index contributed by atoms with van der Waals surface area (Å²) in [6.07, 6.45) is 1.54. The van der Waals surface area contributed by atoms with Crippen LogP contribution in [0.4, 0.5) is 0 Å². The van der Waals surface area contributed by atoms with E-state index in [9.17, 15) is 14.7 Å². The van der Waals surface area contributed by atoms with Gasteiger partial charge in [-0.25, -0.2) is 9.79 Å². The average Bonchev–Trinajstić information content (AvgIpc) is 3.15. The predicted molar refractivity (Wildman–Crippen MR) is 153 cm³/mol. The van der Waals surface area contributed by atoms with Gasteiger partial charge in [0.05, 0.1) is 46.1 Å². The maximum Gasteiger partial charge on any atom is 0.338 e. The number of carbonyl (C=O) groups excluding carboxylic acids is 1. The number of methoxy groups -OCH3 is 1. The second-order valence-electron chi connectivity index (χ2n) is 8.70. The van der Waals surface area contributed by atoms with Crippen molar-refractivity contribution in [2.75, 3.05) is 13.7 Å². The normalized spacial score (nSPS) is 15.4. The lowest BCUT2D eigenvalue weighted by Gasteiger charge is -2.25. The summed E-state index contributed by atoms with van der Waals surface area (Å²) in [4.78, 5) is 32.0. The van der Waals surface area contributed by atoms with Crippen molar-refractivity contribution in [3.63, 3.8) is 0 Å². The molecule has 200 valence electrons. The van der Waals surface area contributed by atoms with E-state index in [0.717, 1.165) is 4.47 Å². The number of phenols is 1. The Kier molecular flexibility index (Phi) is 8.49. The van der Waals surface area contributed by atoms with Gasteiger partial charge in [-0.3, -0.25) is 9.36 Å². The third kappa shape index (κ3) is 5.45. The number of thiazole rings is 1. The smallest absolute Gasteiger partial charge is 0.338 e. The van der Waals surface area contributed by atoms with Gasteiger partial charge < -0.3 is 19.3 Å². The van der Waals surface area contributed by atoms with Crippen LogP contribution in [0.25, 0.3) is 6.08 Å². The predicted octanol–water partition coefficient (Wildman–Crippen LogP) is 4.82. The molecule has 2 aromatic carbocycles. The van der Waals surface area contributed by atoms with E-state index in [2.05, 4.69) is 36.9 Å². The number of allylic oxidation sites excluding steroid dienone is 1. The largest absolute Gasteiger partial charge is 0.506 e. The van der Waals surface area contributed by atoms with Gasteiger partial charge in [0.25, 0.3) is 5.56 Å². The van der Waals surface area contributed by atoms with Gasteiger partial charge in [0.2, 0.25) is 0 Å². The van der Waals surface area contributed by atoms with E-state index in [-0.39, 0.29) is 29.6 Å². The van der Waals surface area contributed by atoms with Gasteiger partial charge in [0.15, 0.2) is 16.3 Å². The molecule has 0 aliphatic carbocycles. The zero-order valence-electron chi connectivity index (χ0n) is 21.4. The molecule has 4 rings (SSSR count). The first-order chi connectivity index (χ1) is 18.0. The third-order valence-corrected chi connectivity index (χ3v) is 7.77. The highest BCUT2D eigenvalue weighted by atomic mass is 79.9. The Bertz CT molecular complexity index is 1620. The zero-order valence-corrected chi connectivity index (χ0v) is 25.4. The van der Waals surface area contributed by atoms with Crippen LogP contribution in [-0.4, -0.2) is 35.5 Å². The molecular formula is C27H26Br2N2O6S. The Balaban J connectivity index is 1.97. The third-order valence-electron chi connectivity index (χ3n) is 5.73. The van der Waals surface area contributed by atoms with Gasteiger partial charge in [-0.2, -0.15) is 0 Å². The van der Waals surface area contributed by atoms with E-state index >= 15 is 0 Å². The Morgan fingerprint density at radius 3 is 2.63 bits per heavy atom. The zero-order chi connectivity index (χ0) is 27.7. The van der Waals surface area contributed by atoms with Gasteiger partial charge in [0.1, 0.15) is 5.75 Å². The van der Waals surface area contributed by atoms with E-state index in [1.807, 2.05) is 13.8 Å². The molecular weight excluding hydrogens is 640 g/mol. The van der Waals surface area contributed by atoms with Crippen LogP contribution in [0.1, 0.15) is 44.9 Å². The molecule has 11 heteroatoms. The number of hydrogen-bond donors (Lipinski definition) is 1. The molecule has 0 saturated carbocycles. The Morgan fingerprint density at radius 1 is 1.24 bits per heavy atom. The summed E-state index contributed by atoms with van der Waals surface area (Å²) >= 11 is 7.92. The minimum Gasteiger partial charge on any atom is -0.506 e. The molecule has 1 N–H and O–H groups in total. The molecule has 0 amide bonds. The molecule has 3 aromatic rings. The first-order valence-electron chi connectivity index (χ1n) is 11.8. The Labute approximate surface area is 240 Å². The molecule has 1 atom stereocenters. The first kappa shape index (κ1) is 28.1. The van der Waals surface area contributed by atoms with Crippen molar-refractivity contribution in [3.05, 3.63) is 81.4 Å². The lowest BCUT2D eigenvalue weighted by molar-refractivity contribution is -0.139. The summed E-state index contributed by atoms with van der Waals surface area (Å²) in [5, 5.41) is 10.5.